The van der Waals surface area contributed by atoms with Crippen LogP contribution >= 0.6 is 11.3 Å². The Morgan fingerprint density at radius 2 is 1.65 bits per heavy atom. The second-order valence-electron chi connectivity index (χ2n) is 7.31. The summed E-state index contributed by atoms with van der Waals surface area (Å²) in [7, 11) is -2.16. The largest absolute Gasteiger partial charge is 0.468 e. The molecule has 10 heteroatoms. The van der Waals surface area contributed by atoms with Crippen molar-refractivity contribution in [1.29, 1.82) is 0 Å². The molecular weight excluding hydrogens is 476 g/mol. The first-order valence-electron chi connectivity index (χ1n) is 10.1. The number of ether oxygens (including phenoxy) is 2. The zero-order chi connectivity index (χ0) is 24.3. The quantitative estimate of drug-likeness (QED) is 0.376. The minimum absolute atomic E-state index is 0.137. The van der Waals surface area contributed by atoms with E-state index in [4.69, 9.17) is 9.47 Å². The number of hydrogen-bond acceptors (Lipinski definition) is 7. The number of para-hydroxylation sites is 1. The van der Waals surface area contributed by atoms with Crippen molar-refractivity contribution in [3.8, 4) is 11.5 Å². The summed E-state index contributed by atoms with van der Waals surface area (Å²) in [4.78, 5) is 29.4. The highest BCUT2D eigenvalue weighted by atomic mass is 32.2. The van der Waals surface area contributed by atoms with Crippen LogP contribution in [0.25, 0.3) is 10.2 Å². The number of carbonyl (C=O) groups excluding carboxylic acids is 2. The van der Waals surface area contributed by atoms with Crippen molar-refractivity contribution in [1.82, 2.24) is 4.57 Å². The predicted molar refractivity (Wildman–Crippen MR) is 128 cm³/mol. The van der Waals surface area contributed by atoms with Gasteiger partial charge in [0.2, 0.25) is 0 Å². The molecule has 1 heterocycles. The minimum Gasteiger partial charge on any atom is -0.468 e. The number of nitrogens with zero attached hydrogens (tertiary/aromatic N) is 2. The van der Waals surface area contributed by atoms with Crippen LogP contribution in [0.3, 0.4) is 0 Å². The number of fused-ring (bicyclic) bond motifs is 1. The normalized spacial score (nSPS) is 12.0. The highest BCUT2D eigenvalue weighted by Gasteiger charge is 2.15. The molecule has 0 N–H and O–H groups in total. The van der Waals surface area contributed by atoms with Crippen LogP contribution in [0, 0.1) is 0 Å². The summed E-state index contributed by atoms with van der Waals surface area (Å²) in [6, 6.07) is 20.3. The van der Waals surface area contributed by atoms with Gasteiger partial charge in [-0.05, 0) is 54.6 Å². The first-order valence-corrected chi connectivity index (χ1v) is 12.8. The van der Waals surface area contributed by atoms with Crippen molar-refractivity contribution in [2.45, 2.75) is 11.4 Å². The number of aromatic nitrogens is 1. The number of esters is 1. The lowest BCUT2D eigenvalue weighted by atomic mass is 10.2. The molecule has 0 spiro atoms. The zero-order valence-electron chi connectivity index (χ0n) is 18.3. The maximum absolute atomic E-state index is 12.9. The SMILES string of the molecule is COC(=O)Cn1c(=NC(=O)c2ccc(Oc3ccccc3)cc2)sc2cc(S(C)(=O)=O)ccc21. The van der Waals surface area contributed by atoms with E-state index in [0.717, 1.165) is 17.6 Å². The van der Waals surface area contributed by atoms with Crippen molar-refractivity contribution in [3.63, 3.8) is 0 Å². The van der Waals surface area contributed by atoms with E-state index in [2.05, 4.69) is 4.99 Å². The molecule has 0 radical (unpaired) electrons. The first-order chi connectivity index (χ1) is 16.2. The van der Waals surface area contributed by atoms with Gasteiger partial charge in [-0.3, -0.25) is 9.59 Å². The van der Waals surface area contributed by atoms with Gasteiger partial charge < -0.3 is 14.0 Å². The van der Waals surface area contributed by atoms with Crippen LogP contribution < -0.4 is 9.54 Å². The van der Waals surface area contributed by atoms with Gasteiger partial charge in [-0.2, -0.15) is 4.99 Å². The van der Waals surface area contributed by atoms with Gasteiger partial charge in [-0.1, -0.05) is 29.5 Å². The number of hydrogen-bond donors (Lipinski definition) is 0. The fourth-order valence-electron chi connectivity index (χ4n) is 3.16. The van der Waals surface area contributed by atoms with Gasteiger partial charge in [0.05, 0.1) is 22.2 Å². The predicted octanol–water partition coefficient (Wildman–Crippen LogP) is 3.81. The molecule has 0 aliphatic carbocycles. The summed E-state index contributed by atoms with van der Waals surface area (Å²) < 4.78 is 36.5. The fraction of sp³-hybridized carbons (Fsp3) is 0.125. The molecule has 0 aliphatic rings. The summed E-state index contributed by atoms with van der Waals surface area (Å²) in [5.74, 6) is 0.204. The molecule has 8 nitrogen and oxygen atoms in total. The lowest BCUT2D eigenvalue weighted by Crippen LogP contribution is -2.22. The number of carbonyl (C=O) groups is 2. The number of methoxy groups -OCH3 is 1. The Bertz CT molecular complexity index is 1540. The molecule has 1 amide bonds. The first kappa shape index (κ1) is 23.4. The van der Waals surface area contributed by atoms with Crippen LogP contribution in [0.5, 0.6) is 11.5 Å². The van der Waals surface area contributed by atoms with Crippen LogP contribution in [0.4, 0.5) is 0 Å². The number of rotatable bonds is 6. The summed E-state index contributed by atoms with van der Waals surface area (Å²) in [6.07, 6.45) is 1.12. The monoisotopic (exact) mass is 496 g/mol. The Hall–Kier alpha value is -3.76. The lowest BCUT2D eigenvalue weighted by Gasteiger charge is -2.06. The molecule has 0 saturated heterocycles. The third-order valence-electron chi connectivity index (χ3n) is 4.87. The van der Waals surface area contributed by atoms with E-state index in [1.54, 1.807) is 30.3 Å². The van der Waals surface area contributed by atoms with E-state index in [1.807, 2.05) is 30.3 Å². The highest BCUT2D eigenvalue weighted by Crippen LogP contribution is 2.23. The molecule has 0 saturated carbocycles. The number of sulfone groups is 1. The van der Waals surface area contributed by atoms with Crippen molar-refractivity contribution in [3.05, 3.63) is 83.2 Å². The second-order valence-corrected chi connectivity index (χ2v) is 10.3. The van der Waals surface area contributed by atoms with Crippen LogP contribution in [0.2, 0.25) is 0 Å². The van der Waals surface area contributed by atoms with Gasteiger partial charge in [-0.15, -0.1) is 0 Å². The molecule has 0 atom stereocenters. The van der Waals surface area contributed by atoms with E-state index in [1.165, 1.54) is 23.8 Å². The third kappa shape index (κ3) is 5.24. The Balaban J connectivity index is 1.70. The summed E-state index contributed by atoms with van der Waals surface area (Å²) in [5.41, 5.74) is 0.903. The molecule has 1 aromatic heterocycles. The third-order valence-corrected chi connectivity index (χ3v) is 7.03. The van der Waals surface area contributed by atoms with Crippen LogP contribution in [0.15, 0.2) is 82.7 Å². The Morgan fingerprint density at radius 1 is 0.971 bits per heavy atom. The molecule has 4 rings (SSSR count). The Labute approximate surface area is 199 Å². The van der Waals surface area contributed by atoms with Gasteiger partial charge in [0, 0.05) is 11.8 Å². The van der Waals surface area contributed by atoms with E-state index in [9.17, 15) is 18.0 Å². The molecule has 4 aromatic rings. The van der Waals surface area contributed by atoms with Crippen LogP contribution in [0.1, 0.15) is 10.4 Å². The standard InChI is InChI=1S/C24H20N2O6S2/c1-31-22(27)15-26-20-13-12-19(34(2,29)30)14-21(20)33-24(26)25-23(28)16-8-10-18(11-9-16)32-17-6-4-3-5-7-17/h3-14H,15H2,1-2H3. The highest BCUT2D eigenvalue weighted by molar-refractivity contribution is 7.90. The van der Waals surface area contributed by atoms with Crippen molar-refractivity contribution >= 4 is 43.3 Å². The van der Waals surface area contributed by atoms with Gasteiger partial charge in [0.1, 0.15) is 18.0 Å². The molecular formula is C24H20N2O6S2. The minimum atomic E-state index is -3.42. The second kappa shape index (κ2) is 9.62. The van der Waals surface area contributed by atoms with E-state index < -0.39 is 21.7 Å². The molecule has 0 bridgehead atoms. The van der Waals surface area contributed by atoms with Gasteiger partial charge in [-0.25, -0.2) is 8.42 Å². The molecule has 0 unspecified atom stereocenters. The summed E-state index contributed by atoms with van der Waals surface area (Å²) in [5, 5.41) is 0. The van der Waals surface area contributed by atoms with Gasteiger partial charge >= 0.3 is 5.97 Å². The average molecular weight is 497 g/mol. The zero-order valence-corrected chi connectivity index (χ0v) is 19.9. The smallest absolute Gasteiger partial charge is 0.325 e. The molecule has 0 aliphatic heterocycles. The average Bonchev–Trinajstić information content (AvgIpc) is 3.15. The van der Waals surface area contributed by atoms with Crippen LogP contribution in [-0.4, -0.2) is 38.2 Å². The summed E-state index contributed by atoms with van der Waals surface area (Å²) >= 11 is 1.11. The van der Waals surface area contributed by atoms with Crippen molar-refractivity contribution in [2.75, 3.05) is 13.4 Å². The van der Waals surface area contributed by atoms with Crippen molar-refractivity contribution in [2.24, 2.45) is 4.99 Å². The lowest BCUT2D eigenvalue weighted by molar-refractivity contribution is -0.141. The molecule has 0 fully saturated rings. The van der Waals surface area contributed by atoms with E-state index in [-0.39, 0.29) is 16.2 Å². The molecule has 3 aromatic carbocycles. The van der Waals surface area contributed by atoms with Gasteiger partial charge in [0.25, 0.3) is 5.91 Å². The van der Waals surface area contributed by atoms with E-state index >= 15 is 0 Å². The summed E-state index contributed by atoms with van der Waals surface area (Å²) in [6.45, 7) is -0.176. The van der Waals surface area contributed by atoms with Gasteiger partial charge in [0.15, 0.2) is 14.6 Å². The number of amides is 1. The van der Waals surface area contributed by atoms with E-state index in [0.29, 0.717) is 27.3 Å². The van der Waals surface area contributed by atoms with Crippen LogP contribution in [-0.2, 0) is 25.9 Å². The fourth-order valence-corrected chi connectivity index (χ4v) is 4.95. The number of benzene rings is 3. The molecule has 34 heavy (non-hydrogen) atoms. The number of thiazole rings is 1. The Morgan fingerprint density at radius 3 is 2.29 bits per heavy atom. The Kier molecular flexibility index (Phi) is 6.62. The molecule has 174 valence electrons. The maximum atomic E-state index is 12.9. The maximum Gasteiger partial charge on any atom is 0.325 e. The van der Waals surface area contributed by atoms with Crippen molar-refractivity contribution < 1.29 is 27.5 Å². The topological polar surface area (TPSA) is 104 Å².